The Balaban J connectivity index is 1.97. The first-order valence-corrected chi connectivity index (χ1v) is 6.97. The van der Waals surface area contributed by atoms with E-state index in [1.165, 1.54) is 0 Å². The fourth-order valence-electron chi connectivity index (χ4n) is 1.69. The van der Waals surface area contributed by atoms with Gasteiger partial charge in [-0.2, -0.15) is 5.10 Å². The van der Waals surface area contributed by atoms with Crippen molar-refractivity contribution in [2.75, 3.05) is 6.54 Å². The number of halogens is 2. The fourth-order valence-corrected chi connectivity index (χ4v) is 2.01. The van der Waals surface area contributed by atoms with Crippen molar-refractivity contribution in [3.63, 3.8) is 0 Å². The van der Waals surface area contributed by atoms with E-state index in [4.69, 9.17) is 23.2 Å². The normalized spacial score (nSPS) is 10.9. The van der Waals surface area contributed by atoms with Crippen LogP contribution in [0, 0.1) is 0 Å². The van der Waals surface area contributed by atoms with Gasteiger partial charge in [0, 0.05) is 0 Å². The first-order valence-electron chi connectivity index (χ1n) is 6.22. The summed E-state index contributed by atoms with van der Waals surface area (Å²) in [7, 11) is 0. The number of nitrogens with one attached hydrogen (secondary N) is 1. The van der Waals surface area contributed by atoms with Crippen LogP contribution in [0.2, 0.25) is 10.0 Å². The van der Waals surface area contributed by atoms with Crippen LogP contribution in [0.5, 0.6) is 0 Å². The first kappa shape index (κ1) is 14.3. The van der Waals surface area contributed by atoms with Crippen molar-refractivity contribution < 1.29 is 0 Å². The highest BCUT2D eigenvalue weighted by molar-refractivity contribution is 6.42. The molecule has 0 aliphatic rings. The third kappa shape index (κ3) is 4.20. The molecule has 4 nitrogen and oxygen atoms in total. The van der Waals surface area contributed by atoms with Gasteiger partial charge in [0.05, 0.1) is 23.1 Å². The Morgan fingerprint density at radius 3 is 2.84 bits per heavy atom. The minimum atomic E-state index is 0.559. The summed E-state index contributed by atoms with van der Waals surface area (Å²) in [6, 6.07) is 5.57. The van der Waals surface area contributed by atoms with Crippen LogP contribution in [-0.2, 0) is 13.1 Å². The Bertz CT molecular complexity index is 539. The Hall–Kier alpha value is -1.10. The van der Waals surface area contributed by atoms with E-state index in [0.29, 0.717) is 23.1 Å². The van der Waals surface area contributed by atoms with Crippen LogP contribution in [0.4, 0.5) is 0 Å². The van der Waals surface area contributed by atoms with Crippen LogP contribution in [0.3, 0.4) is 0 Å². The Labute approximate surface area is 122 Å². The van der Waals surface area contributed by atoms with Crippen LogP contribution in [0.25, 0.3) is 0 Å². The van der Waals surface area contributed by atoms with Crippen molar-refractivity contribution in [3.8, 4) is 0 Å². The van der Waals surface area contributed by atoms with Gasteiger partial charge in [-0.1, -0.05) is 36.2 Å². The second-order valence-corrected chi connectivity index (χ2v) is 5.10. The molecule has 2 rings (SSSR count). The molecule has 2 aromatic rings. The molecule has 102 valence electrons. The van der Waals surface area contributed by atoms with E-state index >= 15 is 0 Å². The molecule has 1 N–H and O–H groups in total. The van der Waals surface area contributed by atoms with E-state index < -0.39 is 0 Å². The molecule has 0 unspecified atom stereocenters. The van der Waals surface area contributed by atoms with Crippen molar-refractivity contribution in [1.82, 2.24) is 20.1 Å². The average molecular weight is 299 g/mol. The number of aromatic nitrogens is 3. The molecule has 0 saturated carbocycles. The molecular weight excluding hydrogens is 283 g/mol. The minimum Gasteiger partial charge on any atom is -0.310 e. The van der Waals surface area contributed by atoms with Gasteiger partial charge in [-0.25, -0.2) is 9.67 Å². The highest BCUT2D eigenvalue weighted by Crippen LogP contribution is 2.22. The molecule has 1 aromatic heterocycles. The molecule has 6 heteroatoms. The van der Waals surface area contributed by atoms with Crippen molar-refractivity contribution in [2.45, 2.75) is 26.4 Å². The molecular formula is C13H16Cl2N4. The molecule has 0 fully saturated rings. The van der Waals surface area contributed by atoms with Gasteiger partial charge in [-0.05, 0) is 30.7 Å². The summed E-state index contributed by atoms with van der Waals surface area (Å²) in [5.74, 6) is 0.800. The number of hydrogen-bond donors (Lipinski definition) is 1. The summed E-state index contributed by atoms with van der Waals surface area (Å²) >= 11 is 11.9. The second-order valence-electron chi connectivity index (χ2n) is 4.28. The lowest BCUT2D eigenvalue weighted by atomic mass is 10.2. The predicted molar refractivity (Wildman–Crippen MR) is 77.6 cm³/mol. The summed E-state index contributed by atoms with van der Waals surface area (Å²) in [5, 5.41) is 8.79. The number of hydrogen-bond acceptors (Lipinski definition) is 3. The minimum absolute atomic E-state index is 0.559. The maximum absolute atomic E-state index is 5.98. The highest BCUT2D eigenvalue weighted by atomic mass is 35.5. The first-order chi connectivity index (χ1) is 9.19. The van der Waals surface area contributed by atoms with Gasteiger partial charge in [0.2, 0.25) is 0 Å². The van der Waals surface area contributed by atoms with E-state index in [-0.39, 0.29) is 0 Å². The van der Waals surface area contributed by atoms with Crippen LogP contribution in [0.15, 0.2) is 24.5 Å². The Kier molecular flexibility index (Phi) is 5.19. The molecule has 0 amide bonds. The van der Waals surface area contributed by atoms with Crippen LogP contribution in [-0.4, -0.2) is 21.3 Å². The average Bonchev–Trinajstić information content (AvgIpc) is 2.82. The van der Waals surface area contributed by atoms with E-state index in [1.807, 2.05) is 12.1 Å². The maximum Gasteiger partial charge on any atom is 0.164 e. The van der Waals surface area contributed by atoms with Crippen molar-refractivity contribution in [2.24, 2.45) is 0 Å². The lowest BCUT2D eigenvalue weighted by molar-refractivity contribution is 0.625. The lowest BCUT2D eigenvalue weighted by Crippen LogP contribution is -2.15. The topological polar surface area (TPSA) is 42.7 Å². The maximum atomic E-state index is 5.98. The third-order valence-electron chi connectivity index (χ3n) is 2.62. The molecule has 0 aliphatic heterocycles. The zero-order chi connectivity index (χ0) is 13.7. The molecule has 1 heterocycles. The highest BCUT2D eigenvalue weighted by Gasteiger charge is 2.03. The summed E-state index contributed by atoms with van der Waals surface area (Å²) in [6.07, 6.45) is 2.83. The quantitative estimate of drug-likeness (QED) is 0.833. The molecule has 0 radical (unpaired) electrons. The van der Waals surface area contributed by atoms with Crippen LogP contribution < -0.4 is 5.32 Å². The molecule has 0 saturated heterocycles. The van der Waals surface area contributed by atoms with Gasteiger partial charge in [-0.15, -0.1) is 0 Å². The molecule has 19 heavy (non-hydrogen) atoms. The number of rotatable bonds is 6. The lowest BCUT2D eigenvalue weighted by Gasteiger charge is -2.03. The monoisotopic (exact) mass is 298 g/mol. The molecule has 0 bridgehead atoms. The van der Waals surface area contributed by atoms with Crippen molar-refractivity contribution in [1.29, 1.82) is 0 Å². The van der Waals surface area contributed by atoms with Gasteiger partial charge in [0.15, 0.2) is 5.82 Å². The summed E-state index contributed by atoms with van der Waals surface area (Å²) in [5.41, 5.74) is 1.05. The molecule has 0 aliphatic carbocycles. The standard InChI is InChI=1S/C13H16Cl2N4/c1-2-5-16-7-13-17-9-19(18-13)8-10-3-4-11(14)12(15)6-10/h3-4,6,9,16H,2,5,7-8H2,1H3. The molecule has 1 aromatic carbocycles. The van der Waals surface area contributed by atoms with E-state index in [9.17, 15) is 0 Å². The van der Waals surface area contributed by atoms with Gasteiger partial charge in [0.1, 0.15) is 6.33 Å². The van der Waals surface area contributed by atoms with Gasteiger partial charge < -0.3 is 5.32 Å². The van der Waals surface area contributed by atoms with E-state index in [0.717, 1.165) is 24.4 Å². The summed E-state index contributed by atoms with van der Waals surface area (Å²) in [6.45, 7) is 4.44. The van der Waals surface area contributed by atoms with Crippen molar-refractivity contribution >= 4 is 23.2 Å². The van der Waals surface area contributed by atoms with E-state index in [1.54, 1.807) is 17.1 Å². The molecule has 0 spiro atoms. The van der Waals surface area contributed by atoms with Gasteiger partial charge in [-0.3, -0.25) is 0 Å². The Morgan fingerprint density at radius 1 is 1.26 bits per heavy atom. The number of nitrogens with zero attached hydrogens (tertiary/aromatic N) is 3. The van der Waals surface area contributed by atoms with Crippen molar-refractivity contribution in [3.05, 3.63) is 46.0 Å². The Morgan fingerprint density at radius 2 is 2.11 bits per heavy atom. The smallest absolute Gasteiger partial charge is 0.164 e. The van der Waals surface area contributed by atoms with Gasteiger partial charge >= 0.3 is 0 Å². The summed E-state index contributed by atoms with van der Waals surface area (Å²) in [4.78, 5) is 4.25. The largest absolute Gasteiger partial charge is 0.310 e. The predicted octanol–water partition coefficient (Wildman–Crippen LogP) is 3.13. The van der Waals surface area contributed by atoms with Crippen LogP contribution >= 0.6 is 23.2 Å². The van der Waals surface area contributed by atoms with Crippen LogP contribution in [0.1, 0.15) is 24.7 Å². The summed E-state index contributed by atoms with van der Waals surface area (Å²) < 4.78 is 1.79. The third-order valence-corrected chi connectivity index (χ3v) is 3.36. The SMILES string of the molecule is CCCNCc1ncn(Cc2ccc(Cl)c(Cl)c2)n1. The zero-order valence-electron chi connectivity index (χ0n) is 10.7. The van der Waals surface area contributed by atoms with Gasteiger partial charge in [0.25, 0.3) is 0 Å². The zero-order valence-corrected chi connectivity index (χ0v) is 12.2. The second kappa shape index (κ2) is 6.89. The molecule has 0 atom stereocenters. The fraction of sp³-hybridized carbons (Fsp3) is 0.385. The van der Waals surface area contributed by atoms with E-state index in [2.05, 4.69) is 22.3 Å². The number of benzene rings is 1.